The SMILES string of the molecule is CN(CCOCC1CC1)c1cccc(Cl)c1[N+](=O)[O-]. The molecule has 0 aliphatic heterocycles. The Labute approximate surface area is 117 Å². The molecule has 1 fully saturated rings. The maximum Gasteiger partial charge on any atom is 0.310 e. The third-order valence-electron chi connectivity index (χ3n) is 3.18. The number of anilines is 1. The molecular formula is C13H17ClN2O3. The molecule has 0 N–H and O–H groups in total. The quantitative estimate of drug-likeness (QED) is 0.438. The molecule has 0 saturated heterocycles. The summed E-state index contributed by atoms with van der Waals surface area (Å²) in [5, 5.41) is 11.2. The standard InChI is InChI=1S/C13H17ClN2O3/c1-15(7-8-19-9-10-5-6-10)12-4-2-3-11(14)13(12)16(17)18/h2-4,10H,5-9H2,1H3. The van der Waals surface area contributed by atoms with Gasteiger partial charge in [-0.2, -0.15) is 0 Å². The van der Waals surface area contributed by atoms with Gasteiger partial charge in [-0.05, 0) is 30.9 Å². The summed E-state index contributed by atoms with van der Waals surface area (Å²) in [5.74, 6) is 0.728. The highest BCUT2D eigenvalue weighted by molar-refractivity contribution is 6.33. The number of nitro groups is 1. The normalized spacial score (nSPS) is 14.4. The molecule has 0 bridgehead atoms. The van der Waals surface area contributed by atoms with Crippen molar-refractivity contribution in [2.24, 2.45) is 5.92 Å². The predicted molar refractivity (Wildman–Crippen MR) is 74.9 cm³/mol. The average molecular weight is 285 g/mol. The molecule has 1 aromatic rings. The minimum absolute atomic E-state index is 0.0474. The number of nitrogens with zero attached hydrogens (tertiary/aromatic N) is 2. The van der Waals surface area contributed by atoms with Crippen molar-refractivity contribution in [1.29, 1.82) is 0 Å². The second kappa shape index (κ2) is 6.21. The first kappa shape index (κ1) is 14.1. The number of ether oxygens (including phenoxy) is 1. The third-order valence-corrected chi connectivity index (χ3v) is 3.49. The number of likely N-dealkylation sites (N-methyl/N-ethyl adjacent to an activating group) is 1. The average Bonchev–Trinajstić information content (AvgIpc) is 3.17. The Morgan fingerprint density at radius 3 is 2.89 bits per heavy atom. The second-order valence-corrected chi connectivity index (χ2v) is 5.21. The molecule has 2 rings (SSSR count). The minimum atomic E-state index is -0.445. The van der Waals surface area contributed by atoms with Gasteiger partial charge in [0.15, 0.2) is 0 Å². The first-order chi connectivity index (χ1) is 9.09. The van der Waals surface area contributed by atoms with Crippen LogP contribution in [0.25, 0.3) is 0 Å². The van der Waals surface area contributed by atoms with E-state index in [-0.39, 0.29) is 10.7 Å². The van der Waals surface area contributed by atoms with Gasteiger partial charge in [0.25, 0.3) is 0 Å². The molecule has 0 atom stereocenters. The molecular weight excluding hydrogens is 268 g/mol. The van der Waals surface area contributed by atoms with E-state index in [0.29, 0.717) is 18.8 Å². The summed E-state index contributed by atoms with van der Waals surface area (Å²) in [5.41, 5.74) is 0.474. The first-order valence-corrected chi connectivity index (χ1v) is 6.69. The topological polar surface area (TPSA) is 55.6 Å². The zero-order valence-corrected chi connectivity index (χ0v) is 11.6. The van der Waals surface area contributed by atoms with E-state index in [0.717, 1.165) is 12.5 Å². The number of halogens is 1. The fourth-order valence-corrected chi connectivity index (χ4v) is 2.09. The lowest BCUT2D eigenvalue weighted by atomic mass is 10.2. The van der Waals surface area contributed by atoms with Gasteiger partial charge >= 0.3 is 5.69 Å². The van der Waals surface area contributed by atoms with E-state index in [1.165, 1.54) is 18.9 Å². The number of hydrogen-bond acceptors (Lipinski definition) is 4. The van der Waals surface area contributed by atoms with Crippen molar-refractivity contribution < 1.29 is 9.66 Å². The van der Waals surface area contributed by atoms with Crippen LogP contribution in [0.2, 0.25) is 5.02 Å². The first-order valence-electron chi connectivity index (χ1n) is 6.31. The van der Waals surface area contributed by atoms with E-state index >= 15 is 0 Å². The Morgan fingerprint density at radius 1 is 1.53 bits per heavy atom. The number of nitro benzene ring substituents is 1. The molecule has 19 heavy (non-hydrogen) atoms. The van der Waals surface area contributed by atoms with Gasteiger partial charge in [0.1, 0.15) is 10.7 Å². The highest BCUT2D eigenvalue weighted by Crippen LogP contribution is 2.34. The van der Waals surface area contributed by atoms with Gasteiger partial charge in [0, 0.05) is 20.2 Å². The van der Waals surface area contributed by atoms with Crippen molar-refractivity contribution in [2.75, 3.05) is 31.7 Å². The summed E-state index contributed by atoms with van der Waals surface area (Å²) in [7, 11) is 1.80. The summed E-state index contributed by atoms with van der Waals surface area (Å²) in [6.45, 7) is 1.97. The Balaban J connectivity index is 1.95. The van der Waals surface area contributed by atoms with Crippen molar-refractivity contribution in [3.05, 3.63) is 33.3 Å². The molecule has 0 spiro atoms. The molecule has 5 nitrogen and oxygen atoms in total. The zero-order valence-electron chi connectivity index (χ0n) is 10.8. The monoisotopic (exact) mass is 284 g/mol. The Hall–Kier alpha value is -1.33. The van der Waals surface area contributed by atoms with Gasteiger partial charge < -0.3 is 9.64 Å². The van der Waals surface area contributed by atoms with Crippen LogP contribution in [0.3, 0.4) is 0 Å². The Bertz CT molecular complexity index is 463. The fraction of sp³-hybridized carbons (Fsp3) is 0.538. The molecule has 1 aromatic carbocycles. The number of benzene rings is 1. The van der Waals surface area contributed by atoms with Crippen LogP contribution in [-0.4, -0.2) is 31.7 Å². The van der Waals surface area contributed by atoms with E-state index in [4.69, 9.17) is 16.3 Å². The van der Waals surface area contributed by atoms with Gasteiger partial charge in [-0.15, -0.1) is 0 Å². The minimum Gasteiger partial charge on any atom is -0.379 e. The van der Waals surface area contributed by atoms with E-state index in [1.54, 1.807) is 24.1 Å². The van der Waals surface area contributed by atoms with Gasteiger partial charge in [0.05, 0.1) is 11.5 Å². The molecule has 0 unspecified atom stereocenters. The van der Waals surface area contributed by atoms with Gasteiger partial charge in [0.2, 0.25) is 0 Å². The summed E-state index contributed by atoms with van der Waals surface area (Å²) >= 11 is 5.88. The number of para-hydroxylation sites is 1. The van der Waals surface area contributed by atoms with Crippen molar-refractivity contribution in [3.63, 3.8) is 0 Å². The van der Waals surface area contributed by atoms with Crippen LogP contribution >= 0.6 is 11.6 Å². The third kappa shape index (κ3) is 3.81. The van der Waals surface area contributed by atoms with Gasteiger partial charge in [-0.25, -0.2) is 0 Å². The Kier molecular flexibility index (Phi) is 4.61. The van der Waals surface area contributed by atoms with Crippen LogP contribution in [0.1, 0.15) is 12.8 Å². The number of hydrogen-bond donors (Lipinski definition) is 0. The molecule has 1 aliphatic carbocycles. The van der Waals surface area contributed by atoms with Crippen molar-refractivity contribution in [3.8, 4) is 0 Å². The molecule has 6 heteroatoms. The van der Waals surface area contributed by atoms with Crippen LogP contribution in [0.5, 0.6) is 0 Å². The van der Waals surface area contributed by atoms with Crippen LogP contribution < -0.4 is 4.90 Å². The maximum absolute atomic E-state index is 11.0. The fourth-order valence-electron chi connectivity index (χ4n) is 1.85. The molecule has 1 saturated carbocycles. The predicted octanol–water partition coefficient (Wildman–Crippen LogP) is 3.11. The molecule has 104 valence electrons. The lowest BCUT2D eigenvalue weighted by molar-refractivity contribution is -0.384. The Morgan fingerprint density at radius 2 is 2.26 bits per heavy atom. The second-order valence-electron chi connectivity index (χ2n) is 4.80. The molecule has 0 heterocycles. The largest absolute Gasteiger partial charge is 0.379 e. The zero-order chi connectivity index (χ0) is 13.8. The summed E-state index contributed by atoms with van der Waals surface area (Å²) in [6.07, 6.45) is 2.52. The molecule has 0 radical (unpaired) electrons. The van der Waals surface area contributed by atoms with Crippen LogP contribution in [-0.2, 0) is 4.74 Å². The highest BCUT2D eigenvalue weighted by Gasteiger charge is 2.22. The molecule has 0 amide bonds. The van der Waals surface area contributed by atoms with E-state index in [9.17, 15) is 10.1 Å². The molecule has 0 aromatic heterocycles. The lowest BCUT2D eigenvalue weighted by Gasteiger charge is -2.19. The van der Waals surface area contributed by atoms with Crippen LogP contribution in [0.15, 0.2) is 18.2 Å². The van der Waals surface area contributed by atoms with Crippen LogP contribution in [0, 0.1) is 16.0 Å². The van der Waals surface area contributed by atoms with Crippen molar-refractivity contribution >= 4 is 23.0 Å². The van der Waals surface area contributed by atoms with Crippen LogP contribution in [0.4, 0.5) is 11.4 Å². The van der Waals surface area contributed by atoms with E-state index in [1.807, 2.05) is 0 Å². The summed E-state index contributed by atoms with van der Waals surface area (Å²) in [6, 6.07) is 4.94. The van der Waals surface area contributed by atoms with Gasteiger partial charge in [-0.3, -0.25) is 10.1 Å². The maximum atomic E-state index is 11.0. The van der Waals surface area contributed by atoms with E-state index < -0.39 is 4.92 Å². The van der Waals surface area contributed by atoms with Crippen molar-refractivity contribution in [2.45, 2.75) is 12.8 Å². The summed E-state index contributed by atoms with van der Waals surface area (Å²) in [4.78, 5) is 12.4. The van der Waals surface area contributed by atoms with E-state index in [2.05, 4.69) is 0 Å². The number of rotatable bonds is 7. The van der Waals surface area contributed by atoms with Gasteiger partial charge in [-0.1, -0.05) is 17.7 Å². The van der Waals surface area contributed by atoms with Crippen molar-refractivity contribution in [1.82, 2.24) is 0 Å². The lowest BCUT2D eigenvalue weighted by Crippen LogP contribution is -2.23. The summed E-state index contributed by atoms with van der Waals surface area (Å²) < 4.78 is 5.54. The smallest absolute Gasteiger partial charge is 0.310 e. The highest BCUT2D eigenvalue weighted by atomic mass is 35.5. The molecule has 1 aliphatic rings.